The predicted molar refractivity (Wildman–Crippen MR) is 131 cm³/mol. The Bertz CT molecular complexity index is 957. The highest BCUT2D eigenvalue weighted by molar-refractivity contribution is 5.97. The van der Waals surface area contributed by atoms with Crippen molar-refractivity contribution in [1.82, 2.24) is 15.1 Å². The number of carbonyl (C=O) groups is 1. The molecule has 0 spiro atoms. The van der Waals surface area contributed by atoms with Crippen molar-refractivity contribution in [2.45, 2.75) is 25.2 Å². The molecule has 9 heteroatoms. The van der Waals surface area contributed by atoms with Gasteiger partial charge < -0.3 is 24.8 Å². The van der Waals surface area contributed by atoms with Gasteiger partial charge in [0.05, 0.1) is 18.2 Å². The molecule has 7 nitrogen and oxygen atoms in total. The quantitative estimate of drug-likeness (QED) is 0.639. The summed E-state index contributed by atoms with van der Waals surface area (Å²) in [5, 5.41) is 13.9. The molecule has 0 bridgehead atoms. The zero-order chi connectivity index (χ0) is 21.2. The van der Waals surface area contributed by atoms with Crippen molar-refractivity contribution in [2.24, 2.45) is 0 Å². The first kappa shape index (κ1) is 25.6. The molecule has 3 aliphatic rings. The van der Waals surface area contributed by atoms with Crippen LogP contribution in [0.1, 0.15) is 21.5 Å². The van der Waals surface area contributed by atoms with Crippen LogP contribution in [0.25, 0.3) is 0 Å². The largest absolute Gasteiger partial charge is 0.491 e. The number of carbonyl (C=O) groups excluding carboxylic acids is 1. The molecule has 0 radical (unpaired) electrons. The number of amides is 1. The van der Waals surface area contributed by atoms with E-state index >= 15 is 0 Å². The fraction of sp³-hybridized carbons (Fsp3) is 0.458. The molecule has 3 aliphatic heterocycles. The lowest BCUT2D eigenvalue weighted by Crippen LogP contribution is -2.50. The zero-order valence-corrected chi connectivity index (χ0v) is 20.1. The molecule has 0 saturated carbocycles. The number of rotatable bonds is 6. The average molecular weight is 496 g/mol. The van der Waals surface area contributed by atoms with Gasteiger partial charge in [-0.3, -0.25) is 9.69 Å². The molecule has 2 N–H and O–H groups in total. The lowest BCUT2D eigenvalue weighted by atomic mass is 10.00. The Morgan fingerprint density at radius 1 is 1.09 bits per heavy atom. The van der Waals surface area contributed by atoms with Crippen molar-refractivity contribution in [3.8, 4) is 11.5 Å². The van der Waals surface area contributed by atoms with E-state index < -0.39 is 6.10 Å². The number of halogens is 2. The number of hydrogen-bond donors (Lipinski definition) is 2. The first-order chi connectivity index (χ1) is 15.2. The molecule has 3 heterocycles. The number of β-amino-alcohol motifs (C(OH)–C–C–N with tert-alkyl or cyclic N) is 1. The molecule has 2 aromatic carbocycles. The number of nitrogens with zero attached hydrogens (tertiary/aromatic N) is 2. The number of fused-ring (bicyclic) bond motifs is 2. The Hall–Kier alpha value is -2.03. The topological polar surface area (TPSA) is 74.3 Å². The van der Waals surface area contributed by atoms with Crippen LogP contribution >= 0.6 is 24.8 Å². The number of hydrogen-bond acceptors (Lipinski definition) is 6. The second-order valence-electron chi connectivity index (χ2n) is 8.56. The normalized spacial score (nSPS) is 18.9. The second-order valence-corrected chi connectivity index (χ2v) is 8.56. The fourth-order valence-electron chi connectivity index (χ4n) is 4.44. The summed E-state index contributed by atoms with van der Waals surface area (Å²) in [5.74, 6) is 1.17. The number of benzene rings is 2. The SMILES string of the molecule is Cl.Cl.O=C1c2ccc(OC3CNC3)cc2OCCN1C[C@H](O)CN1CCc2ccccc2C1. The lowest BCUT2D eigenvalue weighted by molar-refractivity contribution is 0.0501. The van der Waals surface area contributed by atoms with Crippen molar-refractivity contribution in [3.63, 3.8) is 0 Å². The minimum Gasteiger partial charge on any atom is -0.491 e. The summed E-state index contributed by atoms with van der Waals surface area (Å²) in [6, 6.07) is 13.9. The maximum atomic E-state index is 13.1. The lowest BCUT2D eigenvalue weighted by Gasteiger charge is -2.32. The summed E-state index contributed by atoms with van der Waals surface area (Å²) < 4.78 is 11.7. The predicted octanol–water partition coefficient (Wildman–Crippen LogP) is 2.13. The highest BCUT2D eigenvalue weighted by Gasteiger charge is 2.27. The molecular formula is C24H31Cl2N3O4. The van der Waals surface area contributed by atoms with E-state index in [4.69, 9.17) is 9.47 Å². The maximum Gasteiger partial charge on any atom is 0.257 e. The Labute approximate surface area is 206 Å². The summed E-state index contributed by atoms with van der Waals surface area (Å²) in [5.41, 5.74) is 3.24. The first-order valence-corrected chi connectivity index (χ1v) is 11.1. The van der Waals surface area contributed by atoms with Crippen LogP contribution in [0.4, 0.5) is 0 Å². The molecule has 180 valence electrons. The van der Waals surface area contributed by atoms with Crippen molar-refractivity contribution in [2.75, 3.05) is 45.9 Å². The van der Waals surface area contributed by atoms with E-state index in [-0.39, 0.29) is 36.8 Å². The molecule has 0 aromatic heterocycles. The number of aliphatic hydroxyl groups excluding tert-OH is 1. The van der Waals surface area contributed by atoms with Gasteiger partial charge in [0.15, 0.2) is 0 Å². The van der Waals surface area contributed by atoms with Gasteiger partial charge in [0.1, 0.15) is 24.2 Å². The van der Waals surface area contributed by atoms with Crippen LogP contribution in [0.2, 0.25) is 0 Å². The van der Waals surface area contributed by atoms with E-state index in [1.807, 2.05) is 6.07 Å². The fourth-order valence-corrected chi connectivity index (χ4v) is 4.44. The van der Waals surface area contributed by atoms with Crippen LogP contribution in [0.15, 0.2) is 42.5 Å². The van der Waals surface area contributed by atoms with E-state index in [9.17, 15) is 9.90 Å². The second kappa shape index (κ2) is 11.4. The van der Waals surface area contributed by atoms with Gasteiger partial charge in [0.25, 0.3) is 5.91 Å². The van der Waals surface area contributed by atoms with E-state index in [0.29, 0.717) is 37.6 Å². The molecule has 1 fully saturated rings. The van der Waals surface area contributed by atoms with Crippen molar-refractivity contribution in [3.05, 3.63) is 59.2 Å². The van der Waals surface area contributed by atoms with Gasteiger partial charge >= 0.3 is 0 Å². The van der Waals surface area contributed by atoms with Gasteiger partial charge in [-0.1, -0.05) is 24.3 Å². The first-order valence-electron chi connectivity index (χ1n) is 11.1. The number of nitrogens with one attached hydrogen (secondary N) is 1. The summed E-state index contributed by atoms with van der Waals surface area (Å²) in [6.07, 6.45) is 0.561. The van der Waals surface area contributed by atoms with Gasteiger partial charge in [-0.25, -0.2) is 0 Å². The molecule has 1 saturated heterocycles. The molecular weight excluding hydrogens is 465 g/mol. The van der Waals surface area contributed by atoms with E-state index in [0.717, 1.165) is 38.3 Å². The van der Waals surface area contributed by atoms with Crippen LogP contribution in [0.3, 0.4) is 0 Å². The molecule has 0 aliphatic carbocycles. The summed E-state index contributed by atoms with van der Waals surface area (Å²) in [4.78, 5) is 17.1. The van der Waals surface area contributed by atoms with Crippen molar-refractivity contribution >= 4 is 30.7 Å². The van der Waals surface area contributed by atoms with Gasteiger partial charge in [0, 0.05) is 45.3 Å². The van der Waals surface area contributed by atoms with E-state index in [1.165, 1.54) is 11.1 Å². The van der Waals surface area contributed by atoms with Gasteiger partial charge in [-0.2, -0.15) is 0 Å². The smallest absolute Gasteiger partial charge is 0.257 e. The summed E-state index contributed by atoms with van der Waals surface area (Å²) in [7, 11) is 0. The van der Waals surface area contributed by atoms with Crippen molar-refractivity contribution < 1.29 is 19.4 Å². The van der Waals surface area contributed by atoms with E-state index in [1.54, 1.807) is 17.0 Å². The monoisotopic (exact) mass is 495 g/mol. The van der Waals surface area contributed by atoms with Gasteiger partial charge in [-0.05, 0) is 29.7 Å². The van der Waals surface area contributed by atoms with E-state index in [2.05, 4.69) is 34.5 Å². The van der Waals surface area contributed by atoms with Crippen LogP contribution in [0, 0.1) is 0 Å². The number of ether oxygens (including phenoxy) is 2. The third kappa shape index (κ3) is 5.91. The Kier molecular flexibility index (Phi) is 8.84. The Morgan fingerprint density at radius 3 is 2.64 bits per heavy atom. The highest BCUT2D eigenvalue weighted by Crippen LogP contribution is 2.29. The Morgan fingerprint density at radius 2 is 1.88 bits per heavy atom. The molecule has 0 unspecified atom stereocenters. The summed E-state index contributed by atoms with van der Waals surface area (Å²) in [6.45, 7) is 5.14. The highest BCUT2D eigenvalue weighted by atomic mass is 35.5. The Balaban J connectivity index is 0.00000153. The maximum absolute atomic E-state index is 13.1. The standard InChI is InChI=1S/C24H29N3O4.2ClH/c28-19(15-26-8-7-17-3-1-2-4-18(17)14-26)16-27-9-10-30-23-11-20(31-21-12-25-13-21)5-6-22(23)24(27)29;;/h1-6,11,19,21,25,28H,7-10,12-16H2;2*1H/t19-;;/m1../s1. The third-order valence-corrected chi connectivity index (χ3v) is 6.25. The summed E-state index contributed by atoms with van der Waals surface area (Å²) >= 11 is 0. The van der Waals surface area contributed by atoms with Gasteiger partial charge in [0.2, 0.25) is 0 Å². The molecule has 5 rings (SSSR count). The number of aliphatic hydroxyl groups is 1. The van der Waals surface area contributed by atoms with Crippen LogP contribution in [-0.4, -0.2) is 78.9 Å². The van der Waals surface area contributed by atoms with Crippen LogP contribution < -0.4 is 14.8 Å². The minimum atomic E-state index is -0.607. The van der Waals surface area contributed by atoms with Gasteiger partial charge in [-0.15, -0.1) is 24.8 Å². The van der Waals surface area contributed by atoms with Crippen LogP contribution in [-0.2, 0) is 13.0 Å². The van der Waals surface area contributed by atoms with Crippen LogP contribution in [0.5, 0.6) is 11.5 Å². The average Bonchev–Trinajstić information content (AvgIpc) is 2.89. The molecule has 2 aromatic rings. The van der Waals surface area contributed by atoms with Crippen molar-refractivity contribution in [1.29, 1.82) is 0 Å². The minimum absolute atomic E-state index is 0. The zero-order valence-electron chi connectivity index (χ0n) is 18.4. The molecule has 1 amide bonds. The molecule has 33 heavy (non-hydrogen) atoms. The third-order valence-electron chi connectivity index (χ3n) is 6.25. The molecule has 1 atom stereocenters.